The predicted molar refractivity (Wildman–Crippen MR) is 77.0 cm³/mol. The van der Waals surface area contributed by atoms with Crippen molar-refractivity contribution in [1.29, 1.82) is 0 Å². The molecule has 1 N–H and O–H groups in total. The predicted octanol–water partition coefficient (Wildman–Crippen LogP) is 1.18. The summed E-state index contributed by atoms with van der Waals surface area (Å²) in [6, 6.07) is 5.64. The minimum Gasteiger partial charge on any atom is -0.469 e. The van der Waals surface area contributed by atoms with Crippen LogP contribution in [0.25, 0.3) is 0 Å². The van der Waals surface area contributed by atoms with Gasteiger partial charge in [-0.2, -0.15) is 0 Å². The van der Waals surface area contributed by atoms with Crippen LogP contribution in [0.4, 0.5) is 5.69 Å². The molecule has 1 aromatic carbocycles. The summed E-state index contributed by atoms with van der Waals surface area (Å²) in [6.07, 6.45) is 0.00105. The molecule has 0 bridgehead atoms. The van der Waals surface area contributed by atoms with Crippen LogP contribution in [0.2, 0.25) is 0 Å². The highest BCUT2D eigenvalue weighted by molar-refractivity contribution is 5.73. The number of carbonyl (C=O) groups excluding carboxylic acids is 2. The fourth-order valence-electron chi connectivity index (χ4n) is 1.83. The molecule has 0 aromatic heterocycles. The van der Waals surface area contributed by atoms with E-state index in [0.29, 0.717) is 5.56 Å². The lowest BCUT2D eigenvalue weighted by atomic mass is 10.1. The third-order valence-electron chi connectivity index (χ3n) is 3.00. The van der Waals surface area contributed by atoms with Gasteiger partial charge >= 0.3 is 11.9 Å². The highest BCUT2D eigenvalue weighted by atomic mass is 16.6. The Morgan fingerprint density at radius 1 is 1.23 bits per heavy atom. The molecule has 22 heavy (non-hydrogen) atoms. The number of hydrogen-bond acceptors (Lipinski definition) is 7. The molecular formula is C14H18N2O6. The number of ether oxygens (including phenoxy) is 2. The molecule has 0 saturated carbocycles. The fourth-order valence-corrected chi connectivity index (χ4v) is 1.83. The number of nitro benzene ring substituents is 1. The topological polar surface area (TPSA) is 108 Å². The minimum atomic E-state index is -0.482. The molecule has 1 aromatic rings. The Labute approximate surface area is 127 Å². The Bertz CT molecular complexity index is 528. The summed E-state index contributed by atoms with van der Waals surface area (Å²) in [5, 5.41) is 13.7. The fraction of sp³-hybridized carbons (Fsp3) is 0.429. The zero-order valence-electron chi connectivity index (χ0n) is 12.4. The lowest BCUT2D eigenvalue weighted by Crippen LogP contribution is -2.33. The summed E-state index contributed by atoms with van der Waals surface area (Å²) in [5.74, 6) is -0.916. The van der Waals surface area contributed by atoms with Crippen molar-refractivity contribution in [2.75, 3.05) is 14.2 Å². The van der Waals surface area contributed by atoms with Gasteiger partial charge in [-0.3, -0.25) is 19.7 Å². The number of non-ortho nitro benzene ring substituents is 1. The minimum absolute atomic E-state index is 0.000523. The molecule has 8 nitrogen and oxygen atoms in total. The smallest absolute Gasteiger partial charge is 0.307 e. The number of nitro groups is 1. The van der Waals surface area contributed by atoms with E-state index in [1.165, 1.54) is 26.4 Å². The number of nitrogens with zero attached hydrogens (tertiary/aromatic N) is 1. The lowest BCUT2D eigenvalue weighted by molar-refractivity contribution is -0.384. The molecule has 1 rings (SSSR count). The monoisotopic (exact) mass is 310 g/mol. The van der Waals surface area contributed by atoms with Gasteiger partial charge in [-0.15, -0.1) is 0 Å². The lowest BCUT2D eigenvalue weighted by Gasteiger charge is -2.16. The maximum atomic E-state index is 11.3. The van der Waals surface area contributed by atoms with Crippen molar-refractivity contribution in [3.63, 3.8) is 0 Å². The van der Waals surface area contributed by atoms with Crippen LogP contribution in [-0.4, -0.2) is 37.1 Å². The molecule has 8 heteroatoms. The Kier molecular flexibility index (Phi) is 6.97. The first-order valence-corrected chi connectivity index (χ1v) is 6.56. The first kappa shape index (κ1) is 17.6. The first-order chi connectivity index (χ1) is 10.5. The van der Waals surface area contributed by atoms with E-state index in [-0.39, 0.29) is 25.1 Å². The second-order valence-electron chi connectivity index (χ2n) is 4.57. The summed E-state index contributed by atoms with van der Waals surface area (Å²) >= 11 is 0. The van der Waals surface area contributed by atoms with E-state index in [9.17, 15) is 19.7 Å². The highest BCUT2D eigenvalue weighted by Gasteiger charge is 2.18. The van der Waals surface area contributed by atoms with Gasteiger partial charge in [-0.25, -0.2) is 0 Å². The molecule has 120 valence electrons. The summed E-state index contributed by atoms with van der Waals surface area (Å²) in [5.41, 5.74) is 0.658. The standard InChI is InChI=1S/C14H18N2O6/c1-21-13(17)7-11(8-14(18)22-2)15-9-10-4-3-5-12(6-10)16(19)20/h3-6,11,15H,7-9H2,1-2H3. The Balaban J connectivity index is 2.68. The van der Waals surface area contributed by atoms with E-state index >= 15 is 0 Å². The van der Waals surface area contributed by atoms with Crippen molar-refractivity contribution in [3.8, 4) is 0 Å². The van der Waals surface area contributed by atoms with Crippen molar-refractivity contribution in [2.24, 2.45) is 0 Å². The Morgan fingerprint density at radius 3 is 2.32 bits per heavy atom. The van der Waals surface area contributed by atoms with E-state index < -0.39 is 22.9 Å². The second kappa shape index (κ2) is 8.73. The van der Waals surface area contributed by atoms with Crippen LogP contribution in [0.5, 0.6) is 0 Å². The van der Waals surface area contributed by atoms with Gasteiger partial charge in [0.25, 0.3) is 5.69 Å². The van der Waals surface area contributed by atoms with Crippen molar-refractivity contribution >= 4 is 17.6 Å². The normalized spacial score (nSPS) is 10.3. The summed E-state index contributed by atoms with van der Waals surface area (Å²) in [4.78, 5) is 32.9. The largest absolute Gasteiger partial charge is 0.469 e. The van der Waals surface area contributed by atoms with Crippen LogP contribution in [0.15, 0.2) is 24.3 Å². The van der Waals surface area contributed by atoms with Crippen molar-refractivity contribution in [2.45, 2.75) is 25.4 Å². The van der Waals surface area contributed by atoms with E-state index in [1.807, 2.05) is 0 Å². The van der Waals surface area contributed by atoms with Gasteiger partial charge in [0.15, 0.2) is 0 Å². The number of nitrogens with one attached hydrogen (secondary N) is 1. The molecule has 0 unspecified atom stereocenters. The van der Waals surface area contributed by atoms with Crippen molar-refractivity contribution in [3.05, 3.63) is 39.9 Å². The van der Waals surface area contributed by atoms with Gasteiger partial charge in [0.05, 0.1) is 32.0 Å². The molecule has 0 heterocycles. The molecule has 0 aliphatic carbocycles. The zero-order valence-corrected chi connectivity index (χ0v) is 12.4. The number of rotatable bonds is 8. The van der Waals surface area contributed by atoms with Gasteiger partial charge in [-0.05, 0) is 5.56 Å². The number of esters is 2. The Hall–Kier alpha value is -2.48. The van der Waals surface area contributed by atoms with Crippen LogP contribution in [0.1, 0.15) is 18.4 Å². The molecule has 0 fully saturated rings. The van der Waals surface area contributed by atoms with Gasteiger partial charge in [-0.1, -0.05) is 12.1 Å². The summed E-state index contributed by atoms with van der Waals surface area (Å²) in [6.45, 7) is 0.278. The SMILES string of the molecule is COC(=O)CC(CC(=O)OC)NCc1cccc([N+](=O)[O-])c1. The van der Waals surface area contributed by atoms with Crippen molar-refractivity contribution in [1.82, 2.24) is 5.32 Å². The van der Waals surface area contributed by atoms with Gasteiger partial charge < -0.3 is 14.8 Å². The van der Waals surface area contributed by atoms with Gasteiger partial charge in [0, 0.05) is 24.7 Å². The highest BCUT2D eigenvalue weighted by Crippen LogP contribution is 2.13. The molecule has 0 radical (unpaired) electrons. The van der Waals surface area contributed by atoms with Crippen LogP contribution >= 0.6 is 0 Å². The number of hydrogen-bond donors (Lipinski definition) is 1. The third-order valence-corrected chi connectivity index (χ3v) is 3.00. The molecular weight excluding hydrogens is 292 g/mol. The molecule has 0 aliphatic rings. The van der Waals surface area contributed by atoms with Gasteiger partial charge in [0.1, 0.15) is 0 Å². The third kappa shape index (κ3) is 5.88. The maximum Gasteiger partial charge on any atom is 0.307 e. The maximum absolute atomic E-state index is 11.3. The zero-order chi connectivity index (χ0) is 16.5. The van der Waals surface area contributed by atoms with E-state index in [2.05, 4.69) is 14.8 Å². The van der Waals surface area contributed by atoms with E-state index in [0.717, 1.165) is 0 Å². The summed E-state index contributed by atoms with van der Waals surface area (Å²) in [7, 11) is 2.52. The van der Waals surface area contributed by atoms with E-state index in [4.69, 9.17) is 0 Å². The van der Waals surface area contributed by atoms with Crippen molar-refractivity contribution < 1.29 is 24.0 Å². The number of methoxy groups -OCH3 is 2. The average molecular weight is 310 g/mol. The van der Waals surface area contributed by atoms with Crippen LogP contribution in [-0.2, 0) is 25.6 Å². The Morgan fingerprint density at radius 2 is 1.82 bits per heavy atom. The molecule has 0 atom stereocenters. The van der Waals surface area contributed by atoms with Gasteiger partial charge in [0.2, 0.25) is 0 Å². The molecule has 0 spiro atoms. The van der Waals surface area contributed by atoms with Crippen LogP contribution < -0.4 is 5.32 Å². The number of benzene rings is 1. The van der Waals surface area contributed by atoms with E-state index in [1.54, 1.807) is 12.1 Å². The summed E-state index contributed by atoms with van der Waals surface area (Å²) < 4.78 is 9.16. The van der Waals surface area contributed by atoms with Crippen LogP contribution in [0.3, 0.4) is 0 Å². The number of carbonyl (C=O) groups is 2. The second-order valence-corrected chi connectivity index (χ2v) is 4.57. The first-order valence-electron chi connectivity index (χ1n) is 6.56. The van der Waals surface area contributed by atoms with Crippen LogP contribution in [0, 0.1) is 10.1 Å². The molecule has 0 saturated heterocycles. The molecule has 0 amide bonds. The average Bonchev–Trinajstić information content (AvgIpc) is 2.52. The molecule has 0 aliphatic heterocycles. The quantitative estimate of drug-likeness (QED) is 0.436.